The van der Waals surface area contributed by atoms with Crippen LogP contribution in [-0.2, 0) is 11.2 Å². The van der Waals surface area contributed by atoms with Crippen LogP contribution < -0.4 is 11.1 Å². The van der Waals surface area contributed by atoms with Gasteiger partial charge in [-0.25, -0.2) is 0 Å². The molecule has 1 amide bonds. The van der Waals surface area contributed by atoms with E-state index in [1.54, 1.807) is 0 Å². The number of rotatable bonds is 4. The molecular weight excluding hydrogens is 236 g/mol. The molecule has 1 aromatic rings. The fourth-order valence-electron chi connectivity index (χ4n) is 2.82. The molecule has 0 spiro atoms. The number of hydrogen-bond acceptors (Lipinski definition) is 2. The quantitative estimate of drug-likeness (QED) is 0.872. The average Bonchev–Trinajstić information content (AvgIpc) is 2.43. The minimum absolute atomic E-state index is 0.0891. The summed E-state index contributed by atoms with van der Waals surface area (Å²) < 4.78 is 0. The summed E-state index contributed by atoms with van der Waals surface area (Å²) in [6, 6.07) is 9.85. The third-order valence-electron chi connectivity index (χ3n) is 4.23. The van der Waals surface area contributed by atoms with Crippen molar-refractivity contribution in [2.24, 2.45) is 11.7 Å². The van der Waals surface area contributed by atoms with Crippen LogP contribution >= 0.6 is 0 Å². The van der Waals surface area contributed by atoms with Crippen LogP contribution in [-0.4, -0.2) is 18.0 Å². The zero-order valence-corrected chi connectivity index (χ0v) is 11.7. The molecule has 0 unspecified atom stereocenters. The minimum atomic E-state index is -0.168. The second-order valence-electron chi connectivity index (χ2n) is 5.88. The van der Waals surface area contributed by atoms with E-state index in [1.807, 2.05) is 30.3 Å². The Morgan fingerprint density at radius 2 is 1.95 bits per heavy atom. The number of nitrogens with two attached hydrogens (primary N) is 1. The van der Waals surface area contributed by atoms with Crippen molar-refractivity contribution in [3.8, 4) is 0 Å². The van der Waals surface area contributed by atoms with Gasteiger partial charge in [0.15, 0.2) is 0 Å². The highest BCUT2D eigenvalue weighted by Crippen LogP contribution is 2.31. The molecule has 1 aromatic carbocycles. The molecule has 0 radical (unpaired) electrons. The highest BCUT2D eigenvalue weighted by atomic mass is 16.1. The summed E-state index contributed by atoms with van der Waals surface area (Å²) >= 11 is 0. The van der Waals surface area contributed by atoms with E-state index >= 15 is 0 Å². The molecule has 1 aliphatic carbocycles. The molecule has 0 aliphatic heterocycles. The molecule has 104 valence electrons. The van der Waals surface area contributed by atoms with E-state index in [9.17, 15) is 4.79 Å². The maximum absolute atomic E-state index is 12.2. The van der Waals surface area contributed by atoms with Gasteiger partial charge in [-0.1, -0.05) is 37.3 Å². The van der Waals surface area contributed by atoms with Gasteiger partial charge in [0.2, 0.25) is 5.91 Å². The molecule has 0 bridgehead atoms. The summed E-state index contributed by atoms with van der Waals surface area (Å²) in [5.41, 5.74) is 6.79. The zero-order chi connectivity index (χ0) is 13.7. The average molecular weight is 260 g/mol. The Morgan fingerprint density at radius 1 is 1.32 bits per heavy atom. The highest BCUT2D eigenvalue weighted by molar-refractivity contribution is 5.79. The lowest BCUT2D eigenvalue weighted by Gasteiger charge is -2.39. The van der Waals surface area contributed by atoms with E-state index in [1.165, 1.54) is 0 Å². The molecule has 1 fully saturated rings. The van der Waals surface area contributed by atoms with Gasteiger partial charge in [0.25, 0.3) is 0 Å². The van der Waals surface area contributed by atoms with Gasteiger partial charge < -0.3 is 11.1 Å². The number of nitrogens with one attached hydrogen (secondary N) is 1. The predicted octanol–water partition coefficient (Wildman–Crippen LogP) is 2.25. The summed E-state index contributed by atoms with van der Waals surface area (Å²) in [4.78, 5) is 12.2. The minimum Gasteiger partial charge on any atom is -0.349 e. The SMILES string of the molecule is CC1CCC(CN)(NC(=O)Cc2ccccc2)CC1. The zero-order valence-electron chi connectivity index (χ0n) is 11.7. The van der Waals surface area contributed by atoms with E-state index in [4.69, 9.17) is 5.73 Å². The Morgan fingerprint density at radius 3 is 2.53 bits per heavy atom. The second-order valence-corrected chi connectivity index (χ2v) is 5.88. The lowest BCUT2D eigenvalue weighted by Crippen LogP contribution is -2.55. The molecule has 3 nitrogen and oxygen atoms in total. The van der Waals surface area contributed by atoms with Gasteiger partial charge in [-0.2, -0.15) is 0 Å². The highest BCUT2D eigenvalue weighted by Gasteiger charge is 2.34. The van der Waals surface area contributed by atoms with Crippen molar-refractivity contribution >= 4 is 5.91 Å². The first-order valence-electron chi connectivity index (χ1n) is 7.18. The van der Waals surface area contributed by atoms with Crippen LogP contribution in [0.3, 0.4) is 0 Å². The van der Waals surface area contributed by atoms with Gasteiger partial charge in [0.1, 0.15) is 0 Å². The summed E-state index contributed by atoms with van der Waals surface area (Å²) in [6.07, 6.45) is 4.76. The maximum Gasteiger partial charge on any atom is 0.224 e. The third kappa shape index (κ3) is 3.80. The van der Waals surface area contributed by atoms with Crippen LogP contribution in [0.5, 0.6) is 0 Å². The Balaban J connectivity index is 1.93. The van der Waals surface area contributed by atoms with Crippen LogP contribution in [0.1, 0.15) is 38.2 Å². The third-order valence-corrected chi connectivity index (χ3v) is 4.23. The van der Waals surface area contributed by atoms with E-state index in [-0.39, 0.29) is 11.4 Å². The molecule has 0 saturated heterocycles. The summed E-state index contributed by atoms with van der Waals surface area (Å²) in [5.74, 6) is 0.844. The smallest absolute Gasteiger partial charge is 0.224 e. The normalized spacial score (nSPS) is 26.9. The summed E-state index contributed by atoms with van der Waals surface area (Å²) in [7, 11) is 0. The summed E-state index contributed by atoms with van der Waals surface area (Å²) in [6.45, 7) is 2.81. The van der Waals surface area contributed by atoms with Crippen molar-refractivity contribution in [3.05, 3.63) is 35.9 Å². The molecule has 1 saturated carbocycles. The van der Waals surface area contributed by atoms with Crippen LogP contribution in [0, 0.1) is 5.92 Å². The van der Waals surface area contributed by atoms with E-state index < -0.39 is 0 Å². The van der Waals surface area contributed by atoms with Gasteiger partial charge in [-0.3, -0.25) is 4.79 Å². The van der Waals surface area contributed by atoms with Crippen molar-refractivity contribution in [2.75, 3.05) is 6.54 Å². The van der Waals surface area contributed by atoms with Crippen molar-refractivity contribution in [1.29, 1.82) is 0 Å². The molecule has 3 N–H and O–H groups in total. The van der Waals surface area contributed by atoms with Crippen molar-refractivity contribution in [1.82, 2.24) is 5.32 Å². The molecule has 3 heteroatoms. The largest absolute Gasteiger partial charge is 0.349 e. The Labute approximate surface area is 115 Å². The molecule has 0 aromatic heterocycles. The Kier molecular flexibility index (Phi) is 4.59. The molecular formula is C16H24N2O. The molecule has 1 aliphatic rings. The molecule has 0 atom stereocenters. The number of amides is 1. The molecule has 19 heavy (non-hydrogen) atoms. The lowest BCUT2D eigenvalue weighted by atomic mass is 9.77. The Hall–Kier alpha value is -1.35. The number of carbonyl (C=O) groups is 1. The first kappa shape index (κ1) is 14.1. The van der Waals surface area contributed by atoms with Crippen LogP contribution in [0.15, 0.2) is 30.3 Å². The topological polar surface area (TPSA) is 55.1 Å². The van der Waals surface area contributed by atoms with Crippen molar-refractivity contribution in [2.45, 2.75) is 44.6 Å². The van der Waals surface area contributed by atoms with Crippen molar-refractivity contribution < 1.29 is 4.79 Å². The first-order valence-corrected chi connectivity index (χ1v) is 7.18. The van der Waals surface area contributed by atoms with Crippen LogP contribution in [0.25, 0.3) is 0 Å². The summed E-state index contributed by atoms with van der Waals surface area (Å²) in [5, 5.41) is 3.19. The standard InChI is InChI=1S/C16H24N2O/c1-13-7-9-16(12-17,10-8-13)18-15(19)11-14-5-3-2-4-6-14/h2-6,13H,7-12,17H2,1H3,(H,18,19). The molecule has 2 rings (SSSR count). The Bertz CT molecular complexity index is 408. The van der Waals surface area contributed by atoms with E-state index in [0.717, 1.165) is 37.2 Å². The number of hydrogen-bond donors (Lipinski definition) is 2. The predicted molar refractivity (Wildman–Crippen MR) is 77.7 cm³/mol. The van der Waals surface area contributed by atoms with Gasteiger partial charge in [-0.05, 0) is 37.2 Å². The van der Waals surface area contributed by atoms with Gasteiger partial charge >= 0.3 is 0 Å². The first-order chi connectivity index (χ1) is 9.13. The number of carbonyl (C=O) groups excluding carboxylic acids is 1. The van der Waals surface area contributed by atoms with Crippen LogP contribution in [0.4, 0.5) is 0 Å². The van der Waals surface area contributed by atoms with Crippen molar-refractivity contribution in [3.63, 3.8) is 0 Å². The maximum atomic E-state index is 12.2. The van der Waals surface area contributed by atoms with E-state index in [2.05, 4.69) is 12.2 Å². The monoisotopic (exact) mass is 260 g/mol. The van der Waals surface area contributed by atoms with Gasteiger partial charge in [0.05, 0.1) is 12.0 Å². The van der Waals surface area contributed by atoms with Gasteiger partial charge in [-0.15, -0.1) is 0 Å². The van der Waals surface area contributed by atoms with Gasteiger partial charge in [0, 0.05) is 6.54 Å². The lowest BCUT2D eigenvalue weighted by molar-refractivity contribution is -0.122. The van der Waals surface area contributed by atoms with E-state index in [0.29, 0.717) is 13.0 Å². The molecule has 0 heterocycles. The van der Waals surface area contributed by atoms with Crippen LogP contribution in [0.2, 0.25) is 0 Å². The second kappa shape index (κ2) is 6.20. The fourth-order valence-corrected chi connectivity index (χ4v) is 2.82. The number of benzene rings is 1. The fraction of sp³-hybridized carbons (Fsp3) is 0.562.